The molecule has 0 aromatic rings. The number of hydrogen-bond acceptors (Lipinski definition) is 2. The van der Waals surface area contributed by atoms with Crippen molar-refractivity contribution in [3.8, 4) is 0 Å². The molecule has 0 radical (unpaired) electrons. The predicted octanol–water partition coefficient (Wildman–Crippen LogP) is 0.903. The first-order valence-electron chi connectivity index (χ1n) is 4.72. The van der Waals surface area contributed by atoms with E-state index in [2.05, 4.69) is 0 Å². The third-order valence-corrected chi connectivity index (χ3v) is 4.11. The van der Waals surface area contributed by atoms with Crippen molar-refractivity contribution in [3.63, 3.8) is 0 Å². The molecule has 1 heterocycles. The van der Waals surface area contributed by atoms with E-state index in [1.54, 1.807) is 0 Å². The van der Waals surface area contributed by atoms with E-state index in [0.29, 0.717) is 17.6 Å². The van der Waals surface area contributed by atoms with Crippen LogP contribution >= 0.6 is 0 Å². The Morgan fingerprint density at radius 1 is 1.36 bits per heavy atom. The second-order valence-electron chi connectivity index (χ2n) is 4.36. The Morgan fingerprint density at radius 3 is 2.82 bits per heavy atom. The van der Waals surface area contributed by atoms with E-state index in [1.165, 1.54) is 25.7 Å². The molecule has 0 unspecified atom stereocenters. The number of nitrogens with two attached hydrogens (primary N) is 1. The lowest BCUT2D eigenvalue weighted by atomic mass is 9.47. The molecule has 2 aliphatic carbocycles. The first kappa shape index (κ1) is 6.44. The second kappa shape index (κ2) is 1.80. The highest BCUT2D eigenvalue weighted by molar-refractivity contribution is 5.17. The van der Waals surface area contributed by atoms with Crippen LogP contribution in [0.4, 0.5) is 0 Å². The number of fused-ring (bicyclic) bond motifs is 2. The van der Waals surface area contributed by atoms with Crippen molar-refractivity contribution in [3.05, 3.63) is 0 Å². The molecule has 2 N–H and O–H groups in total. The highest BCUT2D eigenvalue weighted by Gasteiger charge is 2.65. The van der Waals surface area contributed by atoms with Crippen molar-refractivity contribution in [1.82, 2.24) is 0 Å². The van der Waals surface area contributed by atoms with Gasteiger partial charge >= 0.3 is 0 Å². The third kappa shape index (κ3) is 0.541. The molecule has 11 heavy (non-hydrogen) atoms. The zero-order valence-electron chi connectivity index (χ0n) is 6.75. The first-order chi connectivity index (χ1) is 5.34. The summed E-state index contributed by atoms with van der Waals surface area (Å²) in [5.41, 5.74) is 6.58. The van der Waals surface area contributed by atoms with Crippen LogP contribution in [0.5, 0.6) is 0 Å². The molecule has 1 saturated heterocycles. The summed E-state index contributed by atoms with van der Waals surface area (Å²) in [6, 6.07) is 0.476. The summed E-state index contributed by atoms with van der Waals surface area (Å²) in [6.45, 7) is 0.963. The molecule has 3 aliphatic rings. The van der Waals surface area contributed by atoms with Gasteiger partial charge in [-0.3, -0.25) is 0 Å². The molecule has 3 atom stereocenters. The van der Waals surface area contributed by atoms with Crippen molar-refractivity contribution in [2.45, 2.75) is 37.8 Å². The Morgan fingerprint density at radius 2 is 2.18 bits per heavy atom. The highest BCUT2D eigenvalue weighted by Crippen LogP contribution is 2.61. The molecular formula is C9H15NO. The van der Waals surface area contributed by atoms with E-state index >= 15 is 0 Å². The zero-order valence-corrected chi connectivity index (χ0v) is 6.75. The standard InChI is InChI=1S/C9H15NO/c10-7-6-2-5-11-8(6)9(7)3-1-4-9/h6-8H,1-5,10H2/t6-,7+,8-/m0/s1. The smallest absolute Gasteiger partial charge is 0.0690 e. The van der Waals surface area contributed by atoms with Gasteiger partial charge in [0.2, 0.25) is 0 Å². The Kier molecular flexibility index (Phi) is 1.06. The Balaban J connectivity index is 1.86. The van der Waals surface area contributed by atoms with Crippen LogP contribution in [-0.2, 0) is 4.74 Å². The maximum Gasteiger partial charge on any atom is 0.0690 e. The Labute approximate surface area is 67.1 Å². The predicted molar refractivity (Wildman–Crippen MR) is 42.1 cm³/mol. The Bertz CT molecular complexity index is 188. The van der Waals surface area contributed by atoms with Gasteiger partial charge in [0.15, 0.2) is 0 Å². The quantitative estimate of drug-likeness (QED) is 0.561. The van der Waals surface area contributed by atoms with Crippen LogP contribution in [0.2, 0.25) is 0 Å². The van der Waals surface area contributed by atoms with Gasteiger partial charge in [-0.1, -0.05) is 6.42 Å². The molecule has 0 amide bonds. The minimum Gasteiger partial charge on any atom is -0.377 e. The van der Waals surface area contributed by atoms with Crippen LogP contribution in [0.1, 0.15) is 25.7 Å². The number of hydrogen-bond donors (Lipinski definition) is 1. The first-order valence-corrected chi connectivity index (χ1v) is 4.72. The largest absolute Gasteiger partial charge is 0.377 e. The summed E-state index contributed by atoms with van der Waals surface area (Å²) in [5, 5.41) is 0. The fraction of sp³-hybridized carbons (Fsp3) is 1.00. The Hall–Kier alpha value is -0.0800. The van der Waals surface area contributed by atoms with E-state index in [4.69, 9.17) is 10.5 Å². The minimum atomic E-state index is 0.459. The number of rotatable bonds is 0. The molecular weight excluding hydrogens is 138 g/mol. The van der Waals surface area contributed by atoms with Gasteiger partial charge < -0.3 is 10.5 Å². The zero-order chi connectivity index (χ0) is 7.47. The molecule has 0 aromatic heterocycles. The van der Waals surface area contributed by atoms with E-state index in [9.17, 15) is 0 Å². The van der Waals surface area contributed by atoms with Crippen LogP contribution in [0.25, 0.3) is 0 Å². The summed E-state index contributed by atoms with van der Waals surface area (Å²) >= 11 is 0. The lowest BCUT2D eigenvalue weighted by Gasteiger charge is -2.62. The lowest BCUT2D eigenvalue weighted by Crippen LogP contribution is -2.69. The number of ether oxygens (including phenoxy) is 1. The molecule has 3 fully saturated rings. The van der Waals surface area contributed by atoms with Crippen LogP contribution in [-0.4, -0.2) is 18.8 Å². The van der Waals surface area contributed by atoms with Crippen molar-refractivity contribution in [1.29, 1.82) is 0 Å². The van der Waals surface area contributed by atoms with Crippen LogP contribution in [0.3, 0.4) is 0 Å². The highest BCUT2D eigenvalue weighted by atomic mass is 16.5. The topological polar surface area (TPSA) is 35.2 Å². The van der Waals surface area contributed by atoms with Crippen LogP contribution in [0.15, 0.2) is 0 Å². The van der Waals surface area contributed by atoms with Crippen molar-refractivity contribution in [2.24, 2.45) is 17.1 Å². The normalized spacial score (nSPS) is 51.5. The summed E-state index contributed by atoms with van der Waals surface area (Å²) in [7, 11) is 0. The second-order valence-corrected chi connectivity index (χ2v) is 4.36. The fourth-order valence-corrected chi connectivity index (χ4v) is 3.27. The van der Waals surface area contributed by atoms with Crippen molar-refractivity contribution in [2.75, 3.05) is 6.61 Å². The van der Waals surface area contributed by atoms with Gasteiger partial charge in [0.25, 0.3) is 0 Å². The van der Waals surface area contributed by atoms with Crippen LogP contribution < -0.4 is 5.73 Å². The van der Waals surface area contributed by atoms with E-state index in [-0.39, 0.29) is 0 Å². The van der Waals surface area contributed by atoms with Gasteiger partial charge in [0.05, 0.1) is 6.10 Å². The molecule has 2 nitrogen and oxygen atoms in total. The fourth-order valence-electron chi connectivity index (χ4n) is 3.27. The van der Waals surface area contributed by atoms with Crippen molar-refractivity contribution >= 4 is 0 Å². The van der Waals surface area contributed by atoms with Gasteiger partial charge in [-0.2, -0.15) is 0 Å². The van der Waals surface area contributed by atoms with E-state index in [1.807, 2.05) is 0 Å². The molecule has 1 aliphatic heterocycles. The molecule has 1 spiro atoms. The van der Waals surface area contributed by atoms with Gasteiger partial charge in [-0.05, 0) is 19.3 Å². The summed E-state index contributed by atoms with van der Waals surface area (Å²) in [6.07, 6.45) is 5.81. The monoisotopic (exact) mass is 153 g/mol. The third-order valence-electron chi connectivity index (χ3n) is 4.11. The van der Waals surface area contributed by atoms with Crippen molar-refractivity contribution < 1.29 is 4.74 Å². The minimum absolute atomic E-state index is 0.459. The maximum atomic E-state index is 6.12. The molecule has 2 heteroatoms. The average molecular weight is 153 g/mol. The van der Waals surface area contributed by atoms with Gasteiger partial charge in [0.1, 0.15) is 0 Å². The molecule has 2 saturated carbocycles. The molecule has 62 valence electrons. The van der Waals surface area contributed by atoms with Gasteiger partial charge in [-0.15, -0.1) is 0 Å². The SMILES string of the molecule is N[C@@H]1[C@@H]2CCO[C@@H]2C12CCC2. The van der Waals surface area contributed by atoms with E-state index in [0.717, 1.165) is 12.5 Å². The lowest BCUT2D eigenvalue weighted by molar-refractivity contribution is -0.164. The molecule has 0 aromatic carbocycles. The van der Waals surface area contributed by atoms with Gasteiger partial charge in [-0.25, -0.2) is 0 Å². The summed E-state index contributed by atoms with van der Waals surface area (Å²) < 4.78 is 5.70. The maximum absolute atomic E-state index is 6.12. The van der Waals surface area contributed by atoms with Crippen LogP contribution in [0, 0.1) is 11.3 Å². The summed E-state index contributed by atoms with van der Waals surface area (Å²) in [5.74, 6) is 0.718. The average Bonchev–Trinajstić information content (AvgIpc) is 2.29. The molecule has 3 rings (SSSR count). The molecule has 0 bridgehead atoms. The van der Waals surface area contributed by atoms with E-state index < -0.39 is 0 Å². The summed E-state index contributed by atoms with van der Waals surface area (Å²) in [4.78, 5) is 0. The van der Waals surface area contributed by atoms with Gasteiger partial charge in [0, 0.05) is 24.0 Å².